The number of thioether (sulfide) groups is 1. The molecule has 1 N–H and O–H groups in total. The third-order valence-corrected chi connectivity index (χ3v) is 6.27. The molecule has 150 valence electrons. The van der Waals surface area contributed by atoms with Gasteiger partial charge in [0, 0.05) is 18.8 Å². The Morgan fingerprint density at radius 3 is 2.76 bits per heavy atom. The van der Waals surface area contributed by atoms with Crippen LogP contribution in [-0.2, 0) is 24.2 Å². The van der Waals surface area contributed by atoms with E-state index in [1.54, 1.807) is 4.57 Å². The average molecular weight is 409 g/mol. The van der Waals surface area contributed by atoms with Crippen LogP contribution in [0.5, 0.6) is 0 Å². The number of H-pyrrole nitrogens is 1. The molecule has 6 nitrogen and oxygen atoms in total. The van der Waals surface area contributed by atoms with Gasteiger partial charge in [0.1, 0.15) is 0 Å². The number of carbonyl (C=O) groups excluding carboxylic acids is 1. The molecule has 0 bridgehead atoms. The van der Waals surface area contributed by atoms with E-state index in [9.17, 15) is 9.59 Å². The molecule has 29 heavy (non-hydrogen) atoms. The first kappa shape index (κ1) is 19.5. The van der Waals surface area contributed by atoms with Crippen molar-refractivity contribution < 1.29 is 4.79 Å². The number of amides is 1. The lowest BCUT2D eigenvalue weighted by molar-refractivity contribution is -0.117. The fraction of sp³-hybridized carbons (Fsp3) is 0.318. The molecule has 4 rings (SSSR count). The molecule has 1 aliphatic rings. The number of carbonyl (C=O) groups is 1. The maximum atomic E-state index is 13.1. The fourth-order valence-corrected chi connectivity index (χ4v) is 4.61. The molecule has 0 spiro atoms. The van der Waals surface area contributed by atoms with Gasteiger partial charge in [-0.3, -0.25) is 9.36 Å². The van der Waals surface area contributed by atoms with Crippen LogP contribution in [0.3, 0.4) is 0 Å². The van der Waals surface area contributed by atoms with Gasteiger partial charge >= 0.3 is 5.69 Å². The summed E-state index contributed by atoms with van der Waals surface area (Å²) >= 11 is 1.33. The second kappa shape index (κ2) is 8.69. The van der Waals surface area contributed by atoms with E-state index < -0.39 is 0 Å². The van der Waals surface area contributed by atoms with Crippen molar-refractivity contribution in [1.29, 1.82) is 0 Å². The van der Waals surface area contributed by atoms with Crippen molar-refractivity contribution in [2.45, 2.75) is 43.1 Å². The zero-order valence-corrected chi connectivity index (χ0v) is 17.2. The number of anilines is 1. The fourth-order valence-electron chi connectivity index (χ4n) is 3.67. The number of para-hydroxylation sites is 1. The Kier molecular flexibility index (Phi) is 5.85. The van der Waals surface area contributed by atoms with E-state index in [-0.39, 0.29) is 16.8 Å². The van der Waals surface area contributed by atoms with Gasteiger partial charge in [-0.05, 0) is 43.4 Å². The van der Waals surface area contributed by atoms with Crippen molar-refractivity contribution in [3.05, 3.63) is 76.2 Å². The predicted molar refractivity (Wildman–Crippen MR) is 115 cm³/mol. The number of aryl methyl sites for hydroxylation is 2. The van der Waals surface area contributed by atoms with Crippen LogP contribution >= 0.6 is 11.8 Å². The second-order valence-corrected chi connectivity index (χ2v) is 8.49. The zero-order chi connectivity index (χ0) is 20.2. The van der Waals surface area contributed by atoms with Gasteiger partial charge in [-0.25, -0.2) is 9.89 Å². The number of fused-ring (bicyclic) bond motifs is 1. The smallest absolute Gasteiger partial charge is 0.311 e. The summed E-state index contributed by atoms with van der Waals surface area (Å²) in [5.41, 5.74) is 3.13. The molecule has 0 radical (unpaired) electrons. The molecule has 2 aromatic carbocycles. The molecule has 7 heteroatoms. The number of hydrogen-bond donors (Lipinski definition) is 1. The number of hydrogen-bond acceptors (Lipinski definition) is 4. The third kappa shape index (κ3) is 4.29. The maximum absolute atomic E-state index is 13.1. The highest BCUT2D eigenvalue weighted by atomic mass is 32.2. The minimum absolute atomic E-state index is 0.0483. The van der Waals surface area contributed by atoms with Gasteiger partial charge < -0.3 is 4.90 Å². The first-order valence-electron chi connectivity index (χ1n) is 9.88. The highest BCUT2D eigenvalue weighted by Gasteiger charge is 2.28. The highest BCUT2D eigenvalue weighted by molar-refractivity contribution is 8.00. The number of nitrogens with zero attached hydrogens (tertiary/aromatic N) is 3. The van der Waals surface area contributed by atoms with Crippen molar-refractivity contribution in [3.8, 4) is 0 Å². The number of benzene rings is 2. The molecule has 2 heterocycles. The molecular formula is C22H24N4O2S. The Labute approximate surface area is 173 Å². The Balaban J connectivity index is 1.47. The summed E-state index contributed by atoms with van der Waals surface area (Å²) in [5, 5.41) is 6.89. The first-order valence-corrected chi connectivity index (χ1v) is 10.8. The molecule has 0 aliphatic carbocycles. The Morgan fingerprint density at radius 1 is 1.17 bits per heavy atom. The molecule has 1 aromatic heterocycles. The quantitative estimate of drug-likeness (QED) is 0.636. The van der Waals surface area contributed by atoms with Crippen LogP contribution in [0.2, 0.25) is 0 Å². The normalized spacial score (nSPS) is 14.4. The summed E-state index contributed by atoms with van der Waals surface area (Å²) < 4.78 is 1.62. The minimum Gasteiger partial charge on any atom is -0.311 e. The van der Waals surface area contributed by atoms with Crippen molar-refractivity contribution >= 4 is 23.4 Å². The predicted octanol–water partition coefficient (Wildman–Crippen LogP) is 3.27. The molecule has 1 unspecified atom stereocenters. The lowest BCUT2D eigenvalue weighted by atomic mass is 10.0. The summed E-state index contributed by atoms with van der Waals surface area (Å²) in [5.74, 6) is 0.0483. The molecule has 3 aromatic rings. The van der Waals surface area contributed by atoms with Crippen LogP contribution in [0.25, 0.3) is 0 Å². The summed E-state index contributed by atoms with van der Waals surface area (Å²) in [6.07, 6.45) is 2.69. The van der Waals surface area contributed by atoms with Crippen LogP contribution in [0.4, 0.5) is 5.69 Å². The third-order valence-electron chi connectivity index (χ3n) is 5.20. The van der Waals surface area contributed by atoms with Gasteiger partial charge in [-0.1, -0.05) is 60.3 Å². The number of aromatic nitrogens is 3. The van der Waals surface area contributed by atoms with E-state index in [0.717, 1.165) is 37.1 Å². The number of aromatic amines is 1. The largest absolute Gasteiger partial charge is 0.343 e. The van der Waals surface area contributed by atoms with Crippen LogP contribution in [0.1, 0.15) is 24.5 Å². The first-order chi connectivity index (χ1) is 14.1. The Morgan fingerprint density at radius 2 is 1.93 bits per heavy atom. The number of nitrogens with one attached hydrogen (secondary N) is 1. The van der Waals surface area contributed by atoms with Crippen molar-refractivity contribution in [2.24, 2.45) is 0 Å². The molecular weight excluding hydrogens is 384 g/mol. The Bertz CT molecular complexity index is 1040. The zero-order valence-electron chi connectivity index (χ0n) is 16.4. The maximum Gasteiger partial charge on any atom is 0.343 e. The van der Waals surface area contributed by atoms with Crippen LogP contribution in [-0.4, -0.2) is 32.5 Å². The summed E-state index contributed by atoms with van der Waals surface area (Å²) in [6, 6.07) is 18.1. The van der Waals surface area contributed by atoms with E-state index in [1.807, 2.05) is 60.4 Å². The van der Waals surface area contributed by atoms with Crippen molar-refractivity contribution in [2.75, 3.05) is 11.4 Å². The van der Waals surface area contributed by atoms with Gasteiger partial charge in [0.2, 0.25) is 5.91 Å². The average Bonchev–Trinajstić information content (AvgIpc) is 3.11. The van der Waals surface area contributed by atoms with Gasteiger partial charge in [0.25, 0.3) is 0 Å². The van der Waals surface area contributed by atoms with Crippen LogP contribution in [0.15, 0.2) is 64.5 Å². The minimum atomic E-state index is -0.341. The van der Waals surface area contributed by atoms with Gasteiger partial charge in [0.05, 0.1) is 5.25 Å². The standard InChI is InChI=1S/C22H24N4O2S/c1-16(20(27)25-14-7-11-18-10-5-6-12-19(18)25)29-22-24-23-21(28)26(22)15-13-17-8-3-2-4-9-17/h2-6,8-10,12,16H,7,11,13-15H2,1H3,(H,23,28). The molecule has 0 fully saturated rings. The summed E-state index contributed by atoms with van der Waals surface area (Å²) in [4.78, 5) is 27.2. The van der Waals surface area contributed by atoms with Gasteiger partial charge in [-0.15, -0.1) is 5.10 Å². The molecule has 0 saturated carbocycles. The van der Waals surface area contributed by atoms with Crippen molar-refractivity contribution in [1.82, 2.24) is 14.8 Å². The van der Waals surface area contributed by atoms with E-state index in [0.29, 0.717) is 11.7 Å². The SMILES string of the molecule is CC(Sc1n[nH]c(=O)n1CCc1ccccc1)C(=O)N1CCCc2ccccc21. The summed E-state index contributed by atoms with van der Waals surface area (Å²) in [6.45, 7) is 3.13. The molecule has 1 amide bonds. The van der Waals surface area contributed by atoms with Crippen molar-refractivity contribution in [3.63, 3.8) is 0 Å². The second-order valence-electron chi connectivity index (χ2n) is 7.18. The monoisotopic (exact) mass is 408 g/mol. The summed E-state index contributed by atoms with van der Waals surface area (Å²) in [7, 11) is 0. The van der Waals surface area contributed by atoms with E-state index in [4.69, 9.17) is 0 Å². The van der Waals surface area contributed by atoms with Crippen LogP contribution in [0, 0.1) is 0 Å². The molecule has 1 atom stereocenters. The molecule has 0 saturated heterocycles. The van der Waals surface area contributed by atoms with Gasteiger partial charge in [-0.2, -0.15) is 0 Å². The Hall–Kier alpha value is -2.80. The molecule has 1 aliphatic heterocycles. The topological polar surface area (TPSA) is 71.0 Å². The lowest BCUT2D eigenvalue weighted by Gasteiger charge is -2.31. The van der Waals surface area contributed by atoms with E-state index in [1.165, 1.54) is 17.3 Å². The lowest BCUT2D eigenvalue weighted by Crippen LogP contribution is -2.40. The number of rotatable bonds is 6. The van der Waals surface area contributed by atoms with Gasteiger partial charge in [0.15, 0.2) is 5.16 Å². The van der Waals surface area contributed by atoms with Crippen LogP contribution < -0.4 is 10.6 Å². The van der Waals surface area contributed by atoms with E-state index in [2.05, 4.69) is 16.3 Å². The highest BCUT2D eigenvalue weighted by Crippen LogP contribution is 2.30. The van der Waals surface area contributed by atoms with E-state index >= 15 is 0 Å².